The van der Waals surface area contributed by atoms with E-state index < -0.39 is 11.7 Å². The van der Waals surface area contributed by atoms with Crippen molar-refractivity contribution in [3.05, 3.63) is 85.1 Å². The van der Waals surface area contributed by atoms with E-state index in [-0.39, 0.29) is 0 Å². The van der Waals surface area contributed by atoms with Crippen molar-refractivity contribution in [3.8, 4) is 16.8 Å². The molecular formula is C22H13F3N4. The number of hydrogen-bond acceptors (Lipinski definition) is 3. The van der Waals surface area contributed by atoms with Crippen LogP contribution in [0.5, 0.6) is 0 Å². The zero-order chi connectivity index (χ0) is 20.0. The number of halogens is 3. The Balaban J connectivity index is 1.80. The van der Waals surface area contributed by atoms with Crippen molar-refractivity contribution in [1.29, 1.82) is 0 Å². The lowest BCUT2D eigenvalue weighted by Gasteiger charge is -2.12. The number of fused-ring (bicyclic) bond motifs is 3. The molecule has 0 bridgehead atoms. The van der Waals surface area contributed by atoms with Crippen LogP contribution in [0.25, 0.3) is 38.5 Å². The molecule has 3 aromatic heterocycles. The van der Waals surface area contributed by atoms with Crippen LogP contribution < -0.4 is 0 Å². The van der Waals surface area contributed by atoms with Crippen LogP contribution in [-0.2, 0) is 6.18 Å². The molecule has 2 aromatic carbocycles. The van der Waals surface area contributed by atoms with Crippen LogP contribution in [-0.4, -0.2) is 19.7 Å². The van der Waals surface area contributed by atoms with Crippen LogP contribution in [0.15, 0.2) is 79.5 Å². The van der Waals surface area contributed by atoms with E-state index in [1.165, 1.54) is 6.07 Å². The fourth-order valence-electron chi connectivity index (χ4n) is 3.56. The fraction of sp³-hybridized carbons (Fsp3) is 0.0455. The highest BCUT2D eigenvalue weighted by molar-refractivity contribution is 6.12. The average molecular weight is 390 g/mol. The van der Waals surface area contributed by atoms with Gasteiger partial charge in [-0.2, -0.15) is 18.3 Å². The van der Waals surface area contributed by atoms with Gasteiger partial charge in [0.1, 0.15) is 0 Å². The first-order valence-corrected chi connectivity index (χ1v) is 8.85. The van der Waals surface area contributed by atoms with E-state index in [4.69, 9.17) is 0 Å². The number of aromatic nitrogens is 4. The van der Waals surface area contributed by atoms with Crippen LogP contribution in [0.1, 0.15) is 5.56 Å². The summed E-state index contributed by atoms with van der Waals surface area (Å²) in [5, 5.41) is 6.94. The van der Waals surface area contributed by atoms with Crippen LogP contribution in [0.4, 0.5) is 13.2 Å². The van der Waals surface area contributed by atoms with Crippen LogP contribution in [0, 0.1) is 0 Å². The Morgan fingerprint density at radius 1 is 0.793 bits per heavy atom. The van der Waals surface area contributed by atoms with Gasteiger partial charge in [0.05, 0.1) is 23.0 Å². The Hall–Kier alpha value is -3.74. The largest absolute Gasteiger partial charge is 0.416 e. The molecule has 0 aliphatic rings. The average Bonchev–Trinajstić information content (AvgIpc) is 3.18. The Bertz CT molecular complexity index is 1340. The molecule has 29 heavy (non-hydrogen) atoms. The minimum Gasteiger partial charge on any atom is -0.264 e. The molecule has 0 fully saturated rings. The van der Waals surface area contributed by atoms with Gasteiger partial charge >= 0.3 is 6.18 Å². The molecule has 0 unspecified atom stereocenters. The van der Waals surface area contributed by atoms with Gasteiger partial charge in [-0.25, -0.2) is 4.68 Å². The van der Waals surface area contributed by atoms with Crippen molar-refractivity contribution in [3.63, 3.8) is 0 Å². The van der Waals surface area contributed by atoms with Crippen molar-refractivity contribution in [2.24, 2.45) is 0 Å². The van der Waals surface area contributed by atoms with Crippen molar-refractivity contribution < 1.29 is 13.2 Å². The monoisotopic (exact) mass is 390 g/mol. The van der Waals surface area contributed by atoms with Crippen molar-refractivity contribution in [2.45, 2.75) is 6.18 Å². The molecule has 142 valence electrons. The Labute approximate surface area is 163 Å². The molecule has 0 N–H and O–H groups in total. The molecule has 0 aliphatic carbocycles. The molecular weight excluding hydrogens is 377 g/mol. The van der Waals surface area contributed by atoms with E-state index >= 15 is 0 Å². The van der Waals surface area contributed by atoms with Gasteiger partial charge in [-0.05, 0) is 42.0 Å². The first kappa shape index (κ1) is 17.4. The zero-order valence-corrected chi connectivity index (χ0v) is 14.9. The summed E-state index contributed by atoms with van der Waals surface area (Å²) in [6, 6.07) is 12.8. The van der Waals surface area contributed by atoms with E-state index in [0.29, 0.717) is 5.69 Å². The van der Waals surface area contributed by atoms with E-state index in [1.54, 1.807) is 41.7 Å². The fourth-order valence-corrected chi connectivity index (χ4v) is 3.56. The number of benzene rings is 2. The molecule has 0 radical (unpaired) electrons. The van der Waals surface area contributed by atoms with E-state index in [9.17, 15) is 13.2 Å². The number of pyridine rings is 2. The second kappa shape index (κ2) is 6.41. The number of rotatable bonds is 2. The second-order valence-electron chi connectivity index (χ2n) is 6.63. The summed E-state index contributed by atoms with van der Waals surface area (Å²) in [6.45, 7) is 0. The van der Waals surface area contributed by atoms with Gasteiger partial charge in [-0.3, -0.25) is 9.97 Å². The molecule has 0 amide bonds. The first-order valence-electron chi connectivity index (χ1n) is 8.85. The van der Waals surface area contributed by atoms with E-state index in [0.717, 1.165) is 44.9 Å². The van der Waals surface area contributed by atoms with Crippen LogP contribution >= 0.6 is 0 Å². The van der Waals surface area contributed by atoms with Crippen molar-refractivity contribution in [1.82, 2.24) is 19.7 Å². The van der Waals surface area contributed by atoms with Crippen molar-refractivity contribution in [2.75, 3.05) is 0 Å². The van der Waals surface area contributed by atoms with Gasteiger partial charge in [-0.15, -0.1) is 0 Å². The predicted molar refractivity (Wildman–Crippen MR) is 105 cm³/mol. The van der Waals surface area contributed by atoms with Crippen LogP contribution in [0.2, 0.25) is 0 Å². The second-order valence-corrected chi connectivity index (χ2v) is 6.63. The lowest BCUT2D eigenvalue weighted by Crippen LogP contribution is -2.06. The lowest BCUT2D eigenvalue weighted by molar-refractivity contribution is -0.137. The summed E-state index contributed by atoms with van der Waals surface area (Å²) in [7, 11) is 0. The highest BCUT2D eigenvalue weighted by Gasteiger charge is 2.30. The molecule has 5 aromatic rings. The summed E-state index contributed by atoms with van der Waals surface area (Å²) < 4.78 is 41.1. The highest BCUT2D eigenvalue weighted by atomic mass is 19.4. The maximum absolute atomic E-state index is 13.2. The van der Waals surface area contributed by atoms with Crippen LogP contribution in [0.3, 0.4) is 0 Å². The van der Waals surface area contributed by atoms with Gasteiger partial charge in [0.25, 0.3) is 0 Å². The molecule has 0 saturated carbocycles. The lowest BCUT2D eigenvalue weighted by atomic mass is 9.98. The van der Waals surface area contributed by atoms with Gasteiger partial charge < -0.3 is 0 Å². The topological polar surface area (TPSA) is 43.6 Å². The molecule has 4 nitrogen and oxygen atoms in total. The first-order chi connectivity index (χ1) is 14.0. The number of alkyl halides is 3. The van der Waals surface area contributed by atoms with E-state index in [2.05, 4.69) is 15.1 Å². The number of hydrogen-bond donors (Lipinski definition) is 0. The standard InChI is InChI=1S/C22H13F3N4/c23-22(24,25)16-4-1-5-17(10-16)29-21-15(12-28-29)9-19(14-3-2-7-26-11-14)20-13-27-8-6-18(20)21/h1-13H. The summed E-state index contributed by atoms with van der Waals surface area (Å²) in [6.07, 6.45) is 4.13. The Morgan fingerprint density at radius 2 is 1.66 bits per heavy atom. The smallest absolute Gasteiger partial charge is 0.264 e. The highest BCUT2D eigenvalue weighted by Crippen LogP contribution is 2.36. The molecule has 0 atom stereocenters. The summed E-state index contributed by atoms with van der Waals surface area (Å²) >= 11 is 0. The quantitative estimate of drug-likeness (QED) is 0.391. The molecule has 0 aliphatic heterocycles. The normalized spacial score (nSPS) is 12.0. The number of nitrogens with zero attached hydrogens (tertiary/aromatic N) is 4. The SMILES string of the molecule is FC(F)(F)c1cccc(-n2ncc3cc(-c4cccnc4)c4cnccc4c32)c1. The molecule has 5 rings (SSSR count). The summed E-state index contributed by atoms with van der Waals surface area (Å²) in [5.41, 5.74) is 2.24. The third-order valence-electron chi connectivity index (χ3n) is 4.85. The minimum absolute atomic E-state index is 0.349. The molecule has 3 heterocycles. The van der Waals surface area contributed by atoms with Gasteiger partial charge in [0, 0.05) is 46.5 Å². The van der Waals surface area contributed by atoms with Gasteiger partial charge in [0.15, 0.2) is 0 Å². The van der Waals surface area contributed by atoms with Crippen molar-refractivity contribution >= 4 is 21.7 Å². The molecule has 0 spiro atoms. The summed E-state index contributed by atoms with van der Waals surface area (Å²) in [4.78, 5) is 8.43. The van der Waals surface area contributed by atoms with Gasteiger partial charge in [-0.1, -0.05) is 12.1 Å². The third kappa shape index (κ3) is 2.91. The maximum atomic E-state index is 13.2. The summed E-state index contributed by atoms with van der Waals surface area (Å²) in [5.74, 6) is 0. The molecule has 0 saturated heterocycles. The Kier molecular flexibility index (Phi) is 3.84. The third-order valence-corrected chi connectivity index (χ3v) is 4.85. The Morgan fingerprint density at radius 3 is 2.45 bits per heavy atom. The zero-order valence-electron chi connectivity index (χ0n) is 14.9. The van der Waals surface area contributed by atoms with Gasteiger partial charge in [0.2, 0.25) is 0 Å². The predicted octanol–water partition coefficient (Wildman–Crippen LogP) is 5.65. The maximum Gasteiger partial charge on any atom is 0.416 e. The van der Waals surface area contributed by atoms with E-state index in [1.807, 2.05) is 24.3 Å². The molecule has 7 heteroatoms. The minimum atomic E-state index is -4.42.